The predicted molar refractivity (Wildman–Crippen MR) is 78.1 cm³/mol. The minimum atomic E-state index is -1.15. The van der Waals surface area contributed by atoms with Crippen LogP contribution in [0.2, 0.25) is 0 Å². The van der Waals surface area contributed by atoms with Crippen molar-refractivity contribution in [1.29, 1.82) is 5.41 Å². The highest BCUT2D eigenvalue weighted by Gasteiger charge is 2.29. The van der Waals surface area contributed by atoms with Crippen LogP contribution in [0.25, 0.3) is 0 Å². The number of hydrogen-bond donors (Lipinski definition) is 4. The van der Waals surface area contributed by atoms with Gasteiger partial charge in [-0.15, -0.1) is 0 Å². The maximum atomic E-state index is 12.0. The van der Waals surface area contributed by atoms with Crippen LogP contribution in [-0.2, 0) is 9.59 Å². The monoisotopic (exact) mass is 277 g/mol. The molecule has 0 saturated carbocycles. The van der Waals surface area contributed by atoms with Crippen molar-refractivity contribution in [3.05, 3.63) is 23.3 Å². The number of carbonyl (C=O) groups is 2. The highest BCUT2D eigenvalue weighted by molar-refractivity contribution is 6.05. The van der Waals surface area contributed by atoms with Crippen LogP contribution in [0.1, 0.15) is 25.0 Å². The molecule has 0 bridgehead atoms. The number of hydrogen-bond acceptors (Lipinski definition) is 4. The van der Waals surface area contributed by atoms with Crippen molar-refractivity contribution in [3.63, 3.8) is 0 Å². The van der Waals surface area contributed by atoms with Gasteiger partial charge in [-0.25, -0.2) is 0 Å². The molecule has 1 rings (SSSR count). The minimum absolute atomic E-state index is 0.314. The summed E-state index contributed by atoms with van der Waals surface area (Å²) in [6.45, 7) is 5.07. The third-order valence-corrected chi connectivity index (χ3v) is 3.18. The fourth-order valence-corrected chi connectivity index (χ4v) is 1.92. The molecule has 1 amide bonds. The third kappa shape index (κ3) is 3.14. The van der Waals surface area contributed by atoms with Gasteiger partial charge in [0.2, 0.25) is 5.91 Å². The molecule has 0 saturated heterocycles. The number of carbonyl (C=O) groups excluding carboxylic acids is 1. The lowest BCUT2D eigenvalue weighted by molar-refractivity contribution is -0.147. The molecule has 6 heteroatoms. The number of carboxylic acid groups (broad SMARTS) is 1. The maximum absolute atomic E-state index is 12.0. The number of nitrogen functional groups attached to an aromatic ring is 1. The van der Waals surface area contributed by atoms with Gasteiger partial charge in [-0.3, -0.25) is 9.59 Å². The number of amides is 1. The van der Waals surface area contributed by atoms with E-state index in [0.717, 1.165) is 6.21 Å². The van der Waals surface area contributed by atoms with Crippen molar-refractivity contribution in [2.75, 3.05) is 11.1 Å². The summed E-state index contributed by atoms with van der Waals surface area (Å²) in [6.07, 6.45) is 1.13. The van der Waals surface area contributed by atoms with E-state index in [-0.39, 0.29) is 5.92 Å². The summed E-state index contributed by atoms with van der Waals surface area (Å²) in [5.41, 5.74) is 7.88. The van der Waals surface area contributed by atoms with E-state index in [9.17, 15) is 9.59 Å². The molecule has 0 fully saturated rings. The largest absolute Gasteiger partial charge is 0.481 e. The Morgan fingerprint density at radius 2 is 2.00 bits per heavy atom. The van der Waals surface area contributed by atoms with E-state index in [4.69, 9.17) is 16.2 Å². The normalized spacial score (nSPS) is 12.0. The number of rotatable bonds is 5. The number of nitrogens with one attached hydrogen (secondary N) is 2. The van der Waals surface area contributed by atoms with Gasteiger partial charge in [0.1, 0.15) is 5.92 Å². The van der Waals surface area contributed by atoms with Crippen molar-refractivity contribution >= 4 is 29.5 Å². The van der Waals surface area contributed by atoms with Crippen molar-refractivity contribution in [2.45, 2.75) is 20.8 Å². The number of carboxylic acids is 1. The molecule has 0 aliphatic carbocycles. The fraction of sp³-hybridized carbons (Fsp3) is 0.357. The Bertz CT molecular complexity index is 553. The van der Waals surface area contributed by atoms with Crippen molar-refractivity contribution < 1.29 is 14.7 Å². The zero-order valence-corrected chi connectivity index (χ0v) is 11.7. The van der Waals surface area contributed by atoms with Gasteiger partial charge in [-0.2, -0.15) is 0 Å². The second kappa shape index (κ2) is 6.18. The van der Waals surface area contributed by atoms with Gasteiger partial charge in [0, 0.05) is 23.2 Å². The van der Waals surface area contributed by atoms with Crippen LogP contribution in [0.4, 0.5) is 11.4 Å². The molecular weight excluding hydrogens is 258 g/mol. The molecule has 0 heterocycles. The Labute approximate surface area is 117 Å². The van der Waals surface area contributed by atoms with Gasteiger partial charge in [-0.05, 0) is 30.5 Å². The summed E-state index contributed by atoms with van der Waals surface area (Å²) < 4.78 is 0. The molecule has 0 aliphatic heterocycles. The molecule has 0 aromatic heterocycles. The topological polar surface area (TPSA) is 116 Å². The maximum Gasteiger partial charge on any atom is 0.316 e. The first-order valence-electron chi connectivity index (χ1n) is 6.22. The van der Waals surface area contributed by atoms with Crippen LogP contribution in [0.15, 0.2) is 12.1 Å². The van der Waals surface area contributed by atoms with Crippen LogP contribution in [0.3, 0.4) is 0 Å². The average Bonchev–Trinajstić information content (AvgIpc) is 2.34. The second-order valence-electron chi connectivity index (χ2n) is 4.93. The van der Waals surface area contributed by atoms with Gasteiger partial charge >= 0.3 is 5.97 Å². The zero-order chi connectivity index (χ0) is 15.4. The Hall–Kier alpha value is -2.37. The highest BCUT2D eigenvalue weighted by atomic mass is 16.4. The smallest absolute Gasteiger partial charge is 0.316 e. The Balaban J connectivity index is 3.05. The molecular formula is C14H19N3O3. The van der Waals surface area contributed by atoms with Gasteiger partial charge < -0.3 is 21.6 Å². The molecule has 20 heavy (non-hydrogen) atoms. The number of benzene rings is 1. The molecule has 6 nitrogen and oxygen atoms in total. The number of aliphatic carboxylic acids is 1. The quantitative estimate of drug-likeness (QED) is 0.373. The summed E-state index contributed by atoms with van der Waals surface area (Å²) in [5.74, 6) is -3.15. The van der Waals surface area contributed by atoms with E-state index in [1.54, 1.807) is 32.9 Å². The minimum Gasteiger partial charge on any atom is -0.481 e. The van der Waals surface area contributed by atoms with E-state index in [1.165, 1.54) is 0 Å². The lowest BCUT2D eigenvalue weighted by Gasteiger charge is -2.18. The van der Waals surface area contributed by atoms with Crippen LogP contribution in [0.5, 0.6) is 0 Å². The number of nitrogens with two attached hydrogens (primary N) is 1. The summed E-state index contributed by atoms with van der Waals surface area (Å²) >= 11 is 0. The van der Waals surface area contributed by atoms with Crippen molar-refractivity contribution in [2.24, 2.45) is 11.8 Å². The van der Waals surface area contributed by atoms with Gasteiger partial charge in [0.15, 0.2) is 0 Å². The molecule has 0 aliphatic rings. The first kappa shape index (κ1) is 15.7. The van der Waals surface area contributed by atoms with Crippen molar-refractivity contribution in [1.82, 2.24) is 0 Å². The first-order valence-corrected chi connectivity index (χ1v) is 6.22. The Morgan fingerprint density at radius 1 is 1.40 bits per heavy atom. The second-order valence-corrected chi connectivity index (χ2v) is 4.93. The first-order chi connectivity index (χ1) is 9.29. The Kier molecular flexibility index (Phi) is 4.85. The summed E-state index contributed by atoms with van der Waals surface area (Å²) in [7, 11) is 0. The lowest BCUT2D eigenvalue weighted by Crippen LogP contribution is -2.33. The van der Waals surface area contributed by atoms with E-state index < -0.39 is 17.8 Å². The standard InChI is InChI=1S/C14H19N3O3/c1-7(2)11(14(19)20)13(18)17-10-5-4-9(6-15)12(16)8(10)3/h4-7,11,15H,16H2,1-3H3,(H,17,18)(H,19,20). The highest BCUT2D eigenvalue weighted by Crippen LogP contribution is 2.25. The van der Waals surface area contributed by atoms with E-state index >= 15 is 0 Å². The SMILES string of the molecule is Cc1c(NC(=O)C(C(=O)O)C(C)C)ccc(C=N)c1N. The molecule has 1 unspecified atom stereocenters. The molecule has 108 valence electrons. The summed E-state index contributed by atoms with van der Waals surface area (Å²) in [4.78, 5) is 23.1. The van der Waals surface area contributed by atoms with Gasteiger partial charge in [0.05, 0.1) is 0 Å². The van der Waals surface area contributed by atoms with Crippen molar-refractivity contribution in [3.8, 4) is 0 Å². The molecule has 5 N–H and O–H groups in total. The van der Waals surface area contributed by atoms with Crippen LogP contribution < -0.4 is 11.1 Å². The van der Waals surface area contributed by atoms with Crippen LogP contribution >= 0.6 is 0 Å². The molecule has 1 aromatic carbocycles. The molecule has 0 radical (unpaired) electrons. The molecule has 1 aromatic rings. The van der Waals surface area contributed by atoms with E-state index in [1.807, 2.05) is 0 Å². The summed E-state index contributed by atoms with van der Waals surface area (Å²) in [6, 6.07) is 3.22. The third-order valence-electron chi connectivity index (χ3n) is 3.18. The molecule has 0 spiro atoms. The van der Waals surface area contributed by atoms with Gasteiger partial charge in [-0.1, -0.05) is 13.8 Å². The lowest BCUT2D eigenvalue weighted by atomic mass is 9.95. The average molecular weight is 277 g/mol. The van der Waals surface area contributed by atoms with Crippen LogP contribution in [0, 0.1) is 24.2 Å². The molecule has 1 atom stereocenters. The predicted octanol–water partition coefficient (Wildman–Crippen LogP) is 1.87. The fourth-order valence-electron chi connectivity index (χ4n) is 1.92. The van der Waals surface area contributed by atoms with E-state index in [0.29, 0.717) is 22.5 Å². The van der Waals surface area contributed by atoms with E-state index in [2.05, 4.69) is 5.32 Å². The van der Waals surface area contributed by atoms with Crippen LogP contribution in [-0.4, -0.2) is 23.2 Å². The van der Waals surface area contributed by atoms with Gasteiger partial charge in [0.25, 0.3) is 0 Å². The number of anilines is 2. The summed E-state index contributed by atoms with van der Waals surface area (Å²) in [5, 5.41) is 18.9. The zero-order valence-electron chi connectivity index (χ0n) is 11.7. The Morgan fingerprint density at radius 3 is 2.45 bits per heavy atom.